The Hall–Kier alpha value is -1.79. The van der Waals surface area contributed by atoms with E-state index < -0.39 is 0 Å². The predicted octanol–water partition coefficient (Wildman–Crippen LogP) is 1.56. The normalized spacial score (nSPS) is 18.5. The minimum Gasteiger partial charge on any atom is -0.484 e. The maximum atomic E-state index is 12.1. The number of benzene rings is 1. The molecule has 2 heterocycles. The average Bonchev–Trinajstić information content (AvgIpc) is 3.00. The van der Waals surface area contributed by atoms with Gasteiger partial charge in [-0.1, -0.05) is 0 Å². The highest BCUT2D eigenvalue weighted by Gasteiger charge is 2.22. The molecule has 7 heteroatoms. The Labute approximate surface area is 148 Å². The zero-order chi connectivity index (χ0) is 16.2. The second-order valence-corrected chi connectivity index (χ2v) is 6.15. The molecule has 0 saturated carbocycles. The van der Waals surface area contributed by atoms with E-state index in [9.17, 15) is 9.59 Å². The molecule has 24 heavy (non-hydrogen) atoms. The van der Waals surface area contributed by atoms with Crippen LogP contribution in [-0.2, 0) is 9.59 Å². The Bertz CT molecular complexity index is 571. The fraction of sp³-hybridized carbons (Fsp3) is 0.529. The van der Waals surface area contributed by atoms with E-state index in [2.05, 4.69) is 0 Å². The number of carbonyl (C=O) groups is 2. The second kappa shape index (κ2) is 8.35. The summed E-state index contributed by atoms with van der Waals surface area (Å²) < 4.78 is 5.57. The highest BCUT2D eigenvalue weighted by Crippen LogP contribution is 2.24. The number of anilines is 1. The number of amides is 2. The lowest BCUT2D eigenvalue weighted by atomic mass is 10.1. The zero-order valence-corrected chi connectivity index (χ0v) is 14.5. The third-order valence-electron chi connectivity index (χ3n) is 4.48. The molecule has 1 aromatic carbocycles. The van der Waals surface area contributed by atoms with Crippen LogP contribution in [0.2, 0.25) is 0 Å². The van der Waals surface area contributed by atoms with Crippen LogP contribution in [0.1, 0.15) is 25.7 Å². The smallest absolute Gasteiger partial charge is 0.260 e. The fourth-order valence-electron chi connectivity index (χ4n) is 3.03. The van der Waals surface area contributed by atoms with Crippen molar-refractivity contribution in [2.24, 2.45) is 5.73 Å². The molecule has 0 bridgehead atoms. The molecule has 3 rings (SSSR count). The van der Waals surface area contributed by atoms with Gasteiger partial charge in [0.05, 0.1) is 0 Å². The number of rotatable bonds is 4. The first-order valence-electron chi connectivity index (χ1n) is 8.20. The van der Waals surface area contributed by atoms with Crippen LogP contribution < -0.4 is 15.4 Å². The molecule has 0 unspecified atom stereocenters. The largest absolute Gasteiger partial charge is 0.484 e. The molecule has 0 aromatic heterocycles. The fourth-order valence-corrected chi connectivity index (χ4v) is 3.03. The number of hydrogen-bond donors (Lipinski definition) is 1. The van der Waals surface area contributed by atoms with Crippen LogP contribution in [0, 0.1) is 0 Å². The van der Waals surface area contributed by atoms with Gasteiger partial charge in [-0.25, -0.2) is 0 Å². The summed E-state index contributed by atoms with van der Waals surface area (Å²) in [5.74, 6) is 0.801. The van der Waals surface area contributed by atoms with E-state index in [4.69, 9.17) is 10.5 Å². The number of nitrogens with zero attached hydrogens (tertiary/aromatic N) is 2. The summed E-state index contributed by atoms with van der Waals surface area (Å²) in [7, 11) is 0. The van der Waals surface area contributed by atoms with Crippen LogP contribution in [0.5, 0.6) is 5.75 Å². The molecule has 0 aliphatic carbocycles. The van der Waals surface area contributed by atoms with Crippen LogP contribution in [0.15, 0.2) is 24.3 Å². The van der Waals surface area contributed by atoms with Crippen molar-refractivity contribution in [1.82, 2.24) is 4.90 Å². The molecule has 1 aromatic rings. The standard InChI is InChI=1S/C17H23N3O3.ClH/c18-13-7-10-19(11-8-13)17(22)12-23-15-5-3-14(4-6-15)20-9-1-2-16(20)21;/h3-6,13H,1-2,7-12,18H2;1H. The summed E-state index contributed by atoms with van der Waals surface area (Å²) in [5, 5.41) is 0. The maximum absolute atomic E-state index is 12.1. The second-order valence-electron chi connectivity index (χ2n) is 6.15. The lowest BCUT2D eigenvalue weighted by molar-refractivity contribution is -0.134. The van der Waals surface area contributed by atoms with Gasteiger partial charge in [-0.2, -0.15) is 0 Å². The highest BCUT2D eigenvalue weighted by molar-refractivity contribution is 5.95. The Balaban J connectivity index is 0.00000208. The van der Waals surface area contributed by atoms with Gasteiger partial charge in [-0.15, -0.1) is 12.4 Å². The lowest BCUT2D eigenvalue weighted by Gasteiger charge is -2.30. The van der Waals surface area contributed by atoms with Crippen molar-refractivity contribution in [3.05, 3.63) is 24.3 Å². The minimum atomic E-state index is -0.00398. The SMILES string of the molecule is Cl.NC1CCN(C(=O)COc2ccc(N3CCCC3=O)cc2)CC1. The third kappa shape index (κ3) is 4.39. The first-order valence-corrected chi connectivity index (χ1v) is 8.20. The van der Waals surface area contributed by atoms with Crippen LogP contribution >= 0.6 is 12.4 Å². The Morgan fingerprint density at radius 2 is 1.83 bits per heavy atom. The van der Waals surface area contributed by atoms with Crippen molar-refractivity contribution in [2.45, 2.75) is 31.7 Å². The third-order valence-corrected chi connectivity index (χ3v) is 4.48. The molecule has 2 saturated heterocycles. The summed E-state index contributed by atoms with van der Waals surface area (Å²) >= 11 is 0. The summed E-state index contributed by atoms with van der Waals surface area (Å²) in [6, 6.07) is 7.55. The summed E-state index contributed by atoms with van der Waals surface area (Å²) in [6.45, 7) is 2.23. The molecule has 2 aliphatic heterocycles. The van der Waals surface area contributed by atoms with Gasteiger partial charge in [0.25, 0.3) is 5.91 Å². The number of ether oxygens (including phenoxy) is 1. The van der Waals surface area contributed by atoms with Gasteiger partial charge in [0.2, 0.25) is 5.91 Å². The Morgan fingerprint density at radius 1 is 1.17 bits per heavy atom. The van der Waals surface area contributed by atoms with Gasteiger partial charge < -0.3 is 20.3 Å². The van der Waals surface area contributed by atoms with E-state index in [1.54, 1.807) is 21.9 Å². The monoisotopic (exact) mass is 353 g/mol. The van der Waals surface area contributed by atoms with Gasteiger partial charge in [0.15, 0.2) is 6.61 Å². The summed E-state index contributed by atoms with van der Waals surface area (Å²) in [5.41, 5.74) is 6.73. The number of piperidine rings is 1. The predicted molar refractivity (Wildman–Crippen MR) is 94.6 cm³/mol. The first kappa shape index (κ1) is 18.5. The minimum absolute atomic E-state index is 0. The molecule has 2 amide bonds. The van der Waals surface area contributed by atoms with Gasteiger partial charge in [-0.05, 0) is 43.5 Å². The van der Waals surface area contributed by atoms with Crippen LogP contribution in [0.4, 0.5) is 5.69 Å². The molecule has 2 aliphatic rings. The molecule has 0 atom stereocenters. The van der Waals surface area contributed by atoms with E-state index >= 15 is 0 Å². The molecular formula is C17H24ClN3O3. The molecular weight excluding hydrogens is 330 g/mol. The Morgan fingerprint density at radius 3 is 2.42 bits per heavy atom. The van der Waals surface area contributed by atoms with Crippen molar-refractivity contribution >= 4 is 29.9 Å². The van der Waals surface area contributed by atoms with E-state index in [0.29, 0.717) is 25.3 Å². The molecule has 0 radical (unpaired) electrons. The van der Waals surface area contributed by atoms with Crippen molar-refractivity contribution in [2.75, 3.05) is 31.1 Å². The highest BCUT2D eigenvalue weighted by atomic mass is 35.5. The van der Waals surface area contributed by atoms with Gasteiger partial charge >= 0.3 is 0 Å². The van der Waals surface area contributed by atoms with Gasteiger partial charge in [0, 0.05) is 37.8 Å². The summed E-state index contributed by atoms with van der Waals surface area (Å²) in [6.07, 6.45) is 3.23. The van der Waals surface area contributed by atoms with Crippen molar-refractivity contribution < 1.29 is 14.3 Å². The van der Waals surface area contributed by atoms with Crippen LogP contribution in [-0.4, -0.2) is 49.0 Å². The van der Waals surface area contributed by atoms with Crippen LogP contribution in [0.3, 0.4) is 0 Å². The lowest BCUT2D eigenvalue weighted by Crippen LogP contribution is -2.44. The number of likely N-dealkylation sites (tertiary alicyclic amines) is 1. The number of nitrogens with two attached hydrogens (primary N) is 1. The Kier molecular flexibility index (Phi) is 6.45. The van der Waals surface area contributed by atoms with E-state index in [0.717, 1.165) is 31.5 Å². The van der Waals surface area contributed by atoms with E-state index in [1.807, 2.05) is 12.1 Å². The van der Waals surface area contributed by atoms with E-state index in [1.165, 1.54) is 0 Å². The number of halogens is 1. The number of hydrogen-bond acceptors (Lipinski definition) is 4. The molecule has 0 spiro atoms. The van der Waals surface area contributed by atoms with Gasteiger partial charge in [-0.3, -0.25) is 9.59 Å². The van der Waals surface area contributed by atoms with Crippen LogP contribution in [0.25, 0.3) is 0 Å². The quantitative estimate of drug-likeness (QED) is 0.891. The average molecular weight is 354 g/mol. The number of carbonyl (C=O) groups excluding carboxylic acids is 2. The maximum Gasteiger partial charge on any atom is 0.260 e. The topological polar surface area (TPSA) is 75.9 Å². The summed E-state index contributed by atoms with van der Waals surface area (Å²) in [4.78, 5) is 27.4. The molecule has 132 valence electrons. The van der Waals surface area contributed by atoms with Crippen molar-refractivity contribution in [3.63, 3.8) is 0 Å². The van der Waals surface area contributed by atoms with E-state index in [-0.39, 0.29) is 36.9 Å². The zero-order valence-electron chi connectivity index (χ0n) is 13.6. The molecule has 6 nitrogen and oxygen atoms in total. The van der Waals surface area contributed by atoms with Crippen molar-refractivity contribution in [3.8, 4) is 5.75 Å². The van der Waals surface area contributed by atoms with Gasteiger partial charge in [0.1, 0.15) is 5.75 Å². The molecule has 2 N–H and O–H groups in total. The first-order chi connectivity index (χ1) is 11.1. The molecule has 2 fully saturated rings. The van der Waals surface area contributed by atoms with Crippen molar-refractivity contribution in [1.29, 1.82) is 0 Å².